The van der Waals surface area contributed by atoms with Crippen molar-refractivity contribution in [3.05, 3.63) is 88.3 Å². The average molecular weight is 463 g/mol. The van der Waals surface area contributed by atoms with Gasteiger partial charge in [0, 0.05) is 17.1 Å². The predicted octanol–water partition coefficient (Wildman–Crippen LogP) is 4.34. The first-order chi connectivity index (χ1) is 16.1. The van der Waals surface area contributed by atoms with Crippen molar-refractivity contribution in [2.45, 2.75) is 0 Å². The van der Waals surface area contributed by atoms with E-state index >= 15 is 0 Å². The zero-order valence-corrected chi connectivity index (χ0v) is 17.7. The third-order valence-electron chi connectivity index (χ3n) is 4.77. The van der Waals surface area contributed by atoms with Crippen LogP contribution in [0.1, 0.15) is 5.56 Å². The molecule has 3 heterocycles. The number of benzene rings is 2. The van der Waals surface area contributed by atoms with E-state index in [1.54, 1.807) is 36.7 Å². The standard InChI is InChI=1S/C23H15F2N5O2S/c24-17-4-1-5-18(25)16(17)11-27-30-20(13-33-23(30)28-15-3-2-8-26-10-15)14-6-7-21-19(9-14)29-22(31)12-32-21/h1-11,13H,12H2,(H,29,31). The molecule has 33 heavy (non-hydrogen) atoms. The molecule has 7 nitrogen and oxygen atoms in total. The van der Waals surface area contributed by atoms with Crippen LogP contribution in [-0.4, -0.2) is 28.4 Å². The molecule has 0 atom stereocenters. The first-order valence-corrected chi connectivity index (χ1v) is 10.7. The average Bonchev–Trinajstić information content (AvgIpc) is 3.21. The molecular weight excluding hydrogens is 448 g/mol. The van der Waals surface area contributed by atoms with Gasteiger partial charge in [0.2, 0.25) is 4.80 Å². The van der Waals surface area contributed by atoms with Crippen LogP contribution in [0.25, 0.3) is 11.3 Å². The zero-order chi connectivity index (χ0) is 22.8. The molecule has 10 heteroatoms. The van der Waals surface area contributed by atoms with Gasteiger partial charge in [0.15, 0.2) is 6.61 Å². The van der Waals surface area contributed by atoms with Gasteiger partial charge in [-0.3, -0.25) is 9.78 Å². The number of hydrogen-bond acceptors (Lipinski definition) is 6. The Kier molecular flexibility index (Phi) is 5.49. The zero-order valence-electron chi connectivity index (χ0n) is 16.9. The van der Waals surface area contributed by atoms with Crippen LogP contribution in [0.3, 0.4) is 0 Å². The van der Waals surface area contributed by atoms with Gasteiger partial charge in [0.05, 0.1) is 35.0 Å². The number of pyridine rings is 1. The maximum atomic E-state index is 14.2. The third kappa shape index (κ3) is 4.28. The van der Waals surface area contributed by atoms with Gasteiger partial charge in [-0.15, -0.1) is 11.3 Å². The number of hydrogen-bond donors (Lipinski definition) is 1. The molecule has 1 amide bonds. The highest BCUT2D eigenvalue weighted by Crippen LogP contribution is 2.33. The number of carbonyl (C=O) groups is 1. The summed E-state index contributed by atoms with van der Waals surface area (Å²) >= 11 is 1.30. The van der Waals surface area contributed by atoms with Crippen LogP contribution in [0.2, 0.25) is 0 Å². The molecule has 0 unspecified atom stereocenters. The van der Waals surface area contributed by atoms with Crippen LogP contribution in [0, 0.1) is 11.6 Å². The van der Waals surface area contributed by atoms with E-state index in [2.05, 4.69) is 20.4 Å². The Labute approximate surface area is 190 Å². The van der Waals surface area contributed by atoms with E-state index in [0.717, 1.165) is 18.3 Å². The molecule has 0 aliphatic carbocycles. The van der Waals surface area contributed by atoms with E-state index < -0.39 is 11.6 Å². The van der Waals surface area contributed by atoms with Crippen LogP contribution in [-0.2, 0) is 4.79 Å². The second kappa shape index (κ2) is 8.75. The fourth-order valence-electron chi connectivity index (χ4n) is 3.21. The van der Waals surface area contributed by atoms with Gasteiger partial charge in [0.1, 0.15) is 17.4 Å². The number of nitrogens with one attached hydrogen (secondary N) is 1. The number of ether oxygens (including phenoxy) is 1. The van der Waals surface area contributed by atoms with Crippen molar-refractivity contribution in [1.29, 1.82) is 0 Å². The monoisotopic (exact) mass is 463 g/mol. The molecule has 0 spiro atoms. The summed E-state index contributed by atoms with van der Waals surface area (Å²) in [7, 11) is 0. The van der Waals surface area contributed by atoms with Crippen LogP contribution in [0.5, 0.6) is 5.75 Å². The molecule has 1 aliphatic heterocycles. The van der Waals surface area contributed by atoms with Crippen molar-refractivity contribution in [2.24, 2.45) is 10.1 Å². The fraction of sp³-hybridized carbons (Fsp3) is 0.0435. The van der Waals surface area contributed by atoms with E-state index in [9.17, 15) is 13.6 Å². The summed E-state index contributed by atoms with van der Waals surface area (Å²) in [5.41, 5.74) is 2.17. The number of aromatic nitrogens is 2. The highest BCUT2D eigenvalue weighted by molar-refractivity contribution is 7.07. The predicted molar refractivity (Wildman–Crippen MR) is 121 cm³/mol. The van der Waals surface area contributed by atoms with E-state index in [1.165, 1.54) is 22.1 Å². The maximum absolute atomic E-state index is 14.2. The second-order valence-corrected chi connectivity index (χ2v) is 7.80. The Morgan fingerprint density at radius 3 is 2.79 bits per heavy atom. The van der Waals surface area contributed by atoms with Crippen LogP contribution < -0.4 is 14.9 Å². The lowest BCUT2D eigenvalue weighted by molar-refractivity contribution is -0.118. The number of thiazole rings is 1. The van der Waals surface area contributed by atoms with Crippen molar-refractivity contribution in [2.75, 3.05) is 11.9 Å². The molecule has 2 aromatic heterocycles. The number of anilines is 1. The number of carbonyl (C=O) groups excluding carboxylic acids is 1. The Morgan fingerprint density at radius 1 is 1.15 bits per heavy atom. The molecule has 0 saturated carbocycles. The largest absolute Gasteiger partial charge is 0.482 e. The molecule has 1 aliphatic rings. The number of nitrogens with zero attached hydrogens (tertiary/aromatic N) is 4. The van der Waals surface area contributed by atoms with Crippen molar-refractivity contribution in [1.82, 2.24) is 9.66 Å². The summed E-state index contributed by atoms with van der Waals surface area (Å²) in [6, 6.07) is 12.4. The number of amides is 1. The van der Waals surface area contributed by atoms with Gasteiger partial charge in [-0.05, 0) is 42.5 Å². The molecule has 0 bridgehead atoms. The lowest BCUT2D eigenvalue weighted by Crippen LogP contribution is -2.25. The molecule has 2 aromatic carbocycles. The molecule has 164 valence electrons. The third-order valence-corrected chi connectivity index (χ3v) is 5.58. The topological polar surface area (TPSA) is 80.9 Å². The van der Waals surface area contributed by atoms with Gasteiger partial charge >= 0.3 is 0 Å². The summed E-state index contributed by atoms with van der Waals surface area (Å²) in [6.07, 6.45) is 4.34. The minimum Gasteiger partial charge on any atom is -0.482 e. The summed E-state index contributed by atoms with van der Waals surface area (Å²) in [4.78, 5) is 20.8. The van der Waals surface area contributed by atoms with E-state index in [4.69, 9.17) is 4.74 Å². The molecule has 0 saturated heterocycles. The molecule has 0 fully saturated rings. The Balaban J connectivity index is 1.65. The maximum Gasteiger partial charge on any atom is 0.262 e. The smallest absolute Gasteiger partial charge is 0.262 e. The van der Waals surface area contributed by atoms with Crippen LogP contribution >= 0.6 is 11.3 Å². The van der Waals surface area contributed by atoms with Gasteiger partial charge in [-0.25, -0.2) is 18.4 Å². The second-order valence-electron chi connectivity index (χ2n) is 6.97. The summed E-state index contributed by atoms with van der Waals surface area (Å²) in [5, 5.41) is 8.93. The Bertz CT molecular complexity index is 1430. The van der Waals surface area contributed by atoms with Crippen LogP contribution in [0.15, 0.2) is 76.4 Å². The molecular formula is C23H15F2N5O2S. The summed E-state index contributed by atoms with van der Waals surface area (Å²) in [6.45, 7) is -0.0442. The van der Waals surface area contributed by atoms with Crippen molar-refractivity contribution < 1.29 is 18.3 Å². The van der Waals surface area contributed by atoms with Crippen molar-refractivity contribution in [3.63, 3.8) is 0 Å². The van der Waals surface area contributed by atoms with E-state index in [-0.39, 0.29) is 18.1 Å². The number of rotatable bonds is 4. The SMILES string of the molecule is O=C1COc2ccc(-c3csc(=Nc4cccnc4)n3N=Cc3c(F)cccc3F)cc2N1. The summed E-state index contributed by atoms with van der Waals surface area (Å²) < 4.78 is 35.2. The highest BCUT2D eigenvalue weighted by atomic mass is 32.1. The van der Waals surface area contributed by atoms with Gasteiger partial charge in [0.25, 0.3) is 5.91 Å². The fourth-order valence-corrected chi connectivity index (χ4v) is 4.07. The lowest BCUT2D eigenvalue weighted by Gasteiger charge is -2.18. The van der Waals surface area contributed by atoms with Crippen molar-refractivity contribution >= 4 is 34.8 Å². The van der Waals surface area contributed by atoms with Gasteiger partial charge in [-0.2, -0.15) is 5.10 Å². The van der Waals surface area contributed by atoms with Gasteiger partial charge in [-0.1, -0.05) is 6.07 Å². The lowest BCUT2D eigenvalue weighted by atomic mass is 10.1. The first kappa shape index (κ1) is 20.7. The highest BCUT2D eigenvalue weighted by Gasteiger charge is 2.18. The van der Waals surface area contributed by atoms with Crippen LogP contribution in [0.4, 0.5) is 20.2 Å². The minimum absolute atomic E-state index is 0.0442. The Hall–Kier alpha value is -4.18. The Morgan fingerprint density at radius 2 is 2.00 bits per heavy atom. The molecule has 5 rings (SSSR count). The molecule has 4 aromatic rings. The normalized spacial score (nSPS) is 13.6. The number of fused-ring (bicyclic) bond motifs is 1. The van der Waals surface area contributed by atoms with E-state index in [0.29, 0.717) is 33.2 Å². The van der Waals surface area contributed by atoms with E-state index in [1.807, 2.05) is 11.4 Å². The minimum atomic E-state index is -0.726. The number of halogens is 2. The van der Waals surface area contributed by atoms with Gasteiger partial charge < -0.3 is 10.1 Å². The molecule has 1 N–H and O–H groups in total. The van der Waals surface area contributed by atoms with Crippen molar-refractivity contribution in [3.8, 4) is 17.0 Å². The summed E-state index contributed by atoms with van der Waals surface area (Å²) in [5.74, 6) is -1.15. The first-order valence-electron chi connectivity index (χ1n) is 9.79. The molecule has 0 radical (unpaired) electrons. The quantitative estimate of drug-likeness (QED) is 0.458.